The van der Waals surface area contributed by atoms with Crippen LogP contribution in [0.15, 0.2) is 47.6 Å². The lowest BCUT2D eigenvalue weighted by atomic mass is 9.65. The lowest BCUT2D eigenvalue weighted by Gasteiger charge is -2.41. The molecule has 0 aliphatic heterocycles. The molecule has 0 radical (unpaired) electrons. The molecular weight excluding hydrogens is 512 g/mol. The van der Waals surface area contributed by atoms with Crippen LogP contribution in [0.3, 0.4) is 0 Å². The van der Waals surface area contributed by atoms with E-state index >= 15 is 0 Å². The van der Waals surface area contributed by atoms with Crippen molar-refractivity contribution in [1.29, 1.82) is 0 Å². The van der Waals surface area contributed by atoms with Crippen LogP contribution in [0.4, 0.5) is 0 Å². The summed E-state index contributed by atoms with van der Waals surface area (Å²) >= 11 is 0. The fraction of sp³-hybridized carbons (Fsp3) is 0.800. The van der Waals surface area contributed by atoms with E-state index in [1.807, 2.05) is 0 Å². The molecule has 7 atom stereocenters. The molecule has 242 valence electrons. The Morgan fingerprint density at radius 2 is 1.24 bits per heavy atom. The van der Waals surface area contributed by atoms with Crippen molar-refractivity contribution >= 4 is 0 Å². The first kappa shape index (κ1) is 37.1. The topological polar surface area (TPSA) is 40.5 Å². The van der Waals surface area contributed by atoms with Gasteiger partial charge in [0.25, 0.3) is 0 Å². The van der Waals surface area contributed by atoms with Gasteiger partial charge in [-0.1, -0.05) is 149 Å². The van der Waals surface area contributed by atoms with Gasteiger partial charge in [-0.2, -0.15) is 0 Å². The minimum Gasteiger partial charge on any atom is -0.393 e. The minimum atomic E-state index is -0.222. The summed E-state index contributed by atoms with van der Waals surface area (Å²) in [4.78, 5) is 0. The monoisotopic (exact) mass is 583 g/mol. The first-order valence-electron chi connectivity index (χ1n) is 17.7. The predicted molar refractivity (Wildman–Crippen MR) is 184 cm³/mol. The van der Waals surface area contributed by atoms with Crippen LogP contribution in [-0.4, -0.2) is 22.4 Å². The Morgan fingerprint density at radius 3 is 1.76 bits per heavy atom. The maximum atomic E-state index is 10.1. The van der Waals surface area contributed by atoms with E-state index in [0.29, 0.717) is 17.8 Å². The highest BCUT2D eigenvalue weighted by molar-refractivity contribution is 5.33. The normalized spacial score (nSPS) is 27.5. The Labute approximate surface area is 262 Å². The summed E-state index contributed by atoms with van der Waals surface area (Å²) in [6.07, 6.45) is 25.9. The standard InChI is InChI=1S/C40H70O2/c1-29(17-13-19-31(3)21-23-37-33(5)25-35(41)27-39(37,7)8)15-11-12-16-30(2)18-14-20-32(4)22-24-38-34(6)26-36(42)28-40(38,9)10/h21-24,29-32,35-37,41-42H,5,11-20,25-28H2,1-4,6-10H3/b23-21+,24-22+/t29?,30?,31?,32?,35-,36-,37-/m0/s1. The van der Waals surface area contributed by atoms with Crippen LogP contribution in [-0.2, 0) is 0 Å². The lowest BCUT2D eigenvalue weighted by molar-refractivity contribution is 0.0703. The van der Waals surface area contributed by atoms with Gasteiger partial charge in [0, 0.05) is 5.92 Å². The summed E-state index contributed by atoms with van der Waals surface area (Å²) < 4.78 is 0. The van der Waals surface area contributed by atoms with Gasteiger partial charge in [-0.05, 0) is 85.5 Å². The molecule has 0 aromatic carbocycles. The van der Waals surface area contributed by atoms with E-state index in [1.165, 1.54) is 80.9 Å². The molecule has 0 amide bonds. The van der Waals surface area contributed by atoms with Crippen molar-refractivity contribution in [3.8, 4) is 0 Å². The van der Waals surface area contributed by atoms with Gasteiger partial charge in [0.05, 0.1) is 12.2 Å². The molecule has 0 aromatic rings. The summed E-state index contributed by atoms with van der Waals surface area (Å²) in [6.45, 7) is 25.2. The molecule has 2 rings (SSSR count). The van der Waals surface area contributed by atoms with Crippen LogP contribution in [0.5, 0.6) is 0 Å². The second kappa shape index (κ2) is 17.4. The van der Waals surface area contributed by atoms with E-state index in [0.717, 1.165) is 37.5 Å². The van der Waals surface area contributed by atoms with E-state index < -0.39 is 0 Å². The summed E-state index contributed by atoms with van der Waals surface area (Å²) in [6, 6.07) is 0. The summed E-state index contributed by atoms with van der Waals surface area (Å²) in [5.41, 5.74) is 4.18. The van der Waals surface area contributed by atoms with E-state index in [2.05, 4.69) is 93.2 Å². The van der Waals surface area contributed by atoms with Crippen LogP contribution in [0.25, 0.3) is 0 Å². The van der Waals surface area contributed by atoms with Gasteiger partial charge < -0.3 is 10.2 Å². The third-order valence-corrected chi connectivity index (χ3v) is 10.6. The maximum absolute atomic E-state index is 10.1. The molecule has 0 aromatic heterocycles. The van der Waals surface area contributed by atoms with Gasteiger partial charge in [0.2, 0.25) is 0 Å². The van der Waals surface area contributed by atoms with Gasteiger partial charge in [-0.15, -0.1) is 0 Å². The van der Waals surface area contributed by atoms with Crippen molar-refractivity contribution in [2.24, 2.45) is 40.4 Å². The Kier molecular flexibility index (Phi) is 15.3. The SMILES string of the molecule is C=C1C[C@H](O)CC(C)(C)[C@H]1/C=C/C(C)CCCC(C)CCCCC(C)CCCC(C)/C=C/C1=C(C)C[C@H](O)CC1(C)C. The Balaban J connectivity index is 1.55. The quantitative estimate of drug-likeness (QED) is 0.132. The average molecular weight is 583 g/mol. The average Bonchev–Trinajstić information content (AvgIpc) is 2.84. The molecule has 0 saturated heterocycles. The highest BCUT2D eigenvalue weighted by Gasteiger charge is 2.37. The molecule has 42 heavy (non-hydrogen) atoms. The molecule has 1 saturated carbocycles. The van der Waals surface area contributed by atoms with Crippen molar-refractivity contribution in [3.05, 3.63) is 47.6 Å². The van der Waals surface area contributed by atoms with E-state index in [4.69, 9.17) is 0 Å². The van der Waals surface area contributed by atoms with Crippen LogP contribution in [0, 0.1) is 40.4 Å². The zero-order valence-electron chi connectivity index (χ0n) is 29.4. The smallest absolute Gasteiger partial charge is 0.0585 e. The van der Waals surface area contributed by atoms with Crippen LogP contribution in [0.2, 0.25) is 0 Å². The first-order valence-corrected chi connectivity index (χ1v) is 17.7. The number of hydrogen-bond acceptors (Lipinski definition) is 2. The summed E-state index contributed by atoms with van der Waals surface area (Å²) in [7, 11) is 0. The minimum absolute atomic E-state index is 0.0779. The molecular formula is C40H70O2. The van der Waals surface area contributed by atoms with Crippen molar-refractivity contribution in [1.82, 2.24) is 0 Å². The molecule has 1 fully saturated rings. The van der Waals surface area contributed by atoms with Crippen molar-refractivity contribution in [2.45, 2.75) is 164 Å². The fourth-order valence-corrected chi connectivity index (χ4v) is 7.97. The van der Waals surface area contributed by atoms with Gasteiger partial charge in [-0.25, -0.2) is 0 Å². The second-order valence-electron chi connectivity index (χ2n) is 16.4. The molecule has 2 aliphatic rings. The molecule has 2 heteroatoms. The number of rotatable bonds is 17. The molecule has 2 N–H and O–H groups in total. The highest BCUT2D eigenvalue weighted by Crippen LogP contribution is 2.44. The maximum Gasteiger partial charge on any atom is 0.0585 e. The number of aliphatic hydroxyl groups excluding tert-OH is 2. The van der Waals surface area contributed by atoms with Gasteiger partial charge in [-0.3, -0.25) is 0 Å². The number of aliphatic hydroxyl groups is 2. The zero-order chi connectivity index (χ0) is 31.5. The van der Waals surface area contributed by atoms with E-state index in [-0.39, 0.29) is 23.0 Å². The Hall–Kier alpha value is -1.12. The largest absolute Gasteiger partial charge is 0.393 e. The lowest BCUT2D eigenvalue weighted by Crippen LogP contribution is -2.35. The molecule has 0 spiro atoms. The molecule has 4 unspecified atom stereocenters. The fourth-order valence-electron chi connectivity index (χ4n) is 7.97. The third-order valence-electron chi connectivity index (χ3n) is 10.6. The van der Waals surface area contributed by atoms with Crippen molar-refractivity contribution in [3.63, 3.8) is 0 Å². The van der Waals surface area contributed by atoms with Gasteiger partial charge >= 0.3 is 0 Å². The van der Waals surface area contributed by atoms with Crippen LogP contribution in [0.1, 0.15) is 152 Å². The van der Waals surface area contributed by atoms with E-state index in [9.17, 15) is 10.2 Å². The van der Waals surface area contributed by atoms with Crippen molar-refractivity contribution in [2.75, 3.05) is 0 Å². The number of hydrogen-bond donors (Lipinski definition) is 2. The van der Waals surface area contributed by atoms with Gasteiger partial charge in [0.15, 0.2) is 0 Å². The first-order chi connectivity index (χ1) is 19.6. The summed E-state index contributed by atoms with van der Waals surface area (Å²) in [5, 5.41) is 20.3. The van der Waals surface area contributed by atoms with Gasteiger partial charge in [0.1, 0.15) is 0 Å². The third kappa shape index (κ3) is 12.9. The summed E-state index contributed by atoms with van der Waals surface area (Å²) in [5.74, 6) is 3.29. The predicted octanol–water partition coefficient (Wildman–Crippen LogP) is 11.4. The highest BCUT2D eigenvalue weighted by atomic mass is 16.3. The number of allylic oxidation sites excluding steroid dienone is 5. The van der Waals surface area contributed by atoms with Crippen molar-refractivity contribution < 1.29 is 10.2 Å². The second-order valence-corrected chi connectivity index (χ2v) is 16.4. The van der Waals surface area contributed by atoms with Crippen LogP contribution < -0.4 is 0 Å². The van der Waals surface area contributed by atoms with Crippen LogP contribution >= 0.6 is 0 Å². The molecule has 2 aliphatic carbocycles. The van der Waals surface area contributed by atoms with E-state index in [1.54, 1.807) is 0 Å². The molecule has 0 heterocycles. The Bertz CT molecular complexity index is 903. The number of unbranched alkanes of at least 4 members (excludes halogenated alkanes) is 1. The Morgan fingerprint density at radius 1 is 0.738 bits per heavy atom. The molecule has 0 bridgehead atoms. The zero-order valence-corrected chi connectivity index (χ0v) is 29.4. The molecule has 2 nitrogen and oxygen atoms in total.